The van der Waals surface area contributed by atoms with E-state index >= 15 is 0 Å². The lowest BCUT2D eigenvalue weighted by Crippen LogP contribution is -2.45. The van der Waals surface area contributed by atoms with E-state index in [-0.39, 0.29) is 11.9 Å². The Morgan fingerprint density at radius 1 is 1.30 bits per heavy atom. The molecule has 1 aliphatic carbocycles. The van der Waals surface area contributed by atoms with E-state index < -0.39 is 0 Å². The summed E-state index contributed by atoms with van der Waals surface area (Å²) in [6.07, 6.45) is 4.07. The first-order chi connectivity index (χ1) is 11.0. The fourth-order valence-corrected chi connectivity index (χ4v) is 2.90. The molecule has 0 atom stereocenters. The van der Waals surface area contributed by atoms with Gasteiger partial charge in [-0.1, -0.05) is 5.16 Å². The second-order valence-electron chi connectivity index (χ2n) is 6.71. The van der Waals surface area contributed by atoms with Crippen LogP contribution in [0.1, 0.15) is 47.8 Å². The van der Waals surface area contributed by atoms with Crippen LogP contribution in [-0.4, -0.2) is 60.6 Å². The van der Waals surface area contributed by atoms with Crippen molar-refractivity contribution in [3.8, 4) is 0 Å². The third-order valence-electron chi connectivity index (χ3n) is 4.56. The Hall–Kier alpha value is -2.05. The monoisotopic (exact) mass is 320 g/mol. The number of nitrogens with one attached hydrogen (secondary N) is 1. The molecule has 7 heteroatoms. The SMILES string of the molecule is CN(C)C(=O)N1CCC(CNC(=O)c2cc(C3CC3)on2)CC1. The number of piperidine rings is 1. The molecule has 0 bridgehead atoms. The molecule has 0 aromatic carbocycles. The zero-order valence-electron chi connectivity index (χ0n) is 13.7. The van der Waals surface area contributed by atoms with Gasteiger partial charge in [-0.2, -0.15) is 0 Å². The first-order valence-corrected chi connectivity index (χ1v) is 8.25. The van der Waals surface area contributed by atoms with Crippen molar-refractivity contribution in [3.05, 3.63) is 17.5 Å². The molecule has 2 heterocycles. The molecule has 0 unspecified atom stereocenters. The van der Waals surface area contributed by atoms with Crippen LogP contribution in [0.2, 0.25) is 0 Å². The number of aromatic nitrogens is 1. The van der Waals surface area contributed by atoms with Crippen LogP contribution in [0.5, 0.6) is 0 Å². The van der Waals surface area contributed by atoms with Crippen LogP contribution < -0.4 is 5.32 Å². The fourth-order valence-electron chi connectivity index (χ4n) is 2.90. The average Bonchev–Trinajstić information content (AvgIpc) is 3.29. The fraction of sp³-hybridized carbons (Fsp3) is 0.688. The number of nitrogens with zero attached hydrogens (tertiary/aromatic N) is 3. The van der Waals surface area contributed by atoms with Crippen molar-refractivity contribution >= 4 is 11.9 Å². The molecule has 3 rings (SSSR count). The van der Waals surface area contributed by atoms with Crippen molar-refractivity contribution < 1.29 is 14.1 Å². The summed E-state index contributed by atoms with van der Waals surface area (Å²) in [5.74, 6) is 1.51. The molecule has 7 nitrogen and oxygen atoms in total. The predicted molar refractivity (Wildman–Crippen MR) is 84.2 cm³/mol. The van der Waals surface area contributed by atoms with Crippen LogP contribution in [0.15, 0.2) is 10.6 Å². The van der Waals surface area contributed by atoms with Gasteiger partial charge in [-0.05, 0) is 31.6 Å². The normalized spacial score (nSPS) is 18.8. The van der Waals surface area contributed by atoms with E-state index in [1.807, 2.05) is 4.90 Å². The average molecular weight is 320 g/mol. The molecule has 1 saturated carbocycles. The second-order valence-corrected chi connectivity index (χ2v) is 6.71. The molecule has 2 aliphatic rings. The van der Waals surface area contributed by atoms with Gasteiger partial charge in [-0.3, -0.25) is 4.79 Å². The van der Waals surface area contributed by atoms with Gasteiger partial charge in [-0.15, -0.1) is 0 Å². The summed E-state index contributed by atoms with van der Waals surface area (Å²) in [7, 11) is 3.53. The Balaban J connectivity index is 1.42. The van der Waals surface area contributed by atoms with E-state index in [1.165, 1.54) is 0 Å². The highest BCUT2D eigenvalue weighted by molar-refractivity contribution is 5.92. The molecule has 2 fully saturated rings. The van der Waals surface area contributed by atoms with E-state index in [4.69, 9.17) is 4.52 Å². The van der Waals surface area contributed by atoms with Gasteiger partial charge in [0.1, 0.15) is 5.76 Å². The number of likely N-dealkylation sites (tertiary alicyclic amines) is 1. The van der Waals surface area contributed by atoms with Gasteiger partial charge < -0.3 is 19.6 Å². The number of hydrogen-bond donors (Lipinski definition) is 1. The van der Waals surface area contributed by atoms with Gasteiger partial charge in [0, 0.05) is 45.7 Å². The summed E-state index contributed by atoms with van der Waals surface area (Å²) in [5, 5.41) is 6.78. The first kappa shape index (κ1) is 15.8. The molecular formula is C16H24N4O3. The second kappa shape index (κ2) is 6.60. The molecular weight excluding hydrogens is 296 g/mol. The zero-order valence-corrected chi connectivity index (χ0v) is 13.7. The number of amides is 3. The Kier molecular flexibility index (Phi) is 4.54. The molecule has 1 N–H and O–H groups in total. The molecule has 126 valence electrons. The number of urea groups is 1. The third-order valence-corrected chi connectivity index (χ3v) is 4.56. The predicted octanol–water partition coefficient (Wildman–Crippen LogP) is 1.68. The number of hydrogen-bond acceptors (Lipinski definition) is 4. The number of carbonyl (C=O) groups excluding carboxylic acids is 2. The van der Waals surface area contributed by atoms with Crippen LogP contribution in [0, 0.1) is 5.92 Å². The highest BCUT2D eigenvalue weighted by Crippen LogP contribution is 2.40. The molecule has 1 aromatic heterocycles. The van der Waals surface area contributed by atoms with E-state index in [2.05, 4.69) is 10.5 Å². The summed E-state index contributed by atoms with van der Waals surface area (Å²) in [6.45, 7) is 2.11. The molecule has 1 aromatic rings. The highest BCUT2D eigenvalue weighted by Gasteiger charge is 2.29. The third kappa shape index (κ3) is 3.83. The molecule has 23 heavy (non-hydrogen) atoms. The van der Waals surface area contributed by atoms with E-state index in [0.717, 1.165) is 44.5 Å². The lowest BCUT2D eigenvalue weighted by Gasteiger charge is -2.33. The Bertz CT molecular complexity index is 572. The topological polar surface area (TPSA) is 78.7 Å². The van der Waals surface area contributed by atoms with E-state index in [9.17, 15) is 9.59 Å². The summed E-state index contributed by atoms with van der Waals surface area (Å²) < 4.78 is 5.20. The lowest BCUT2D eigenvalue weighted by atomic mass is 9.97. The lowest BCUT2D eigenvalue weighted by molar-refractivity contribution is 0.0926. The molecule has 0 spiro atoms. The zero-order chi connectivity index (χ0) is 16.4. The van der Waals surface area contributed by atoms with Crippen molar-refractivity contribution in [3.63, 3.8) is 0 Å². The van der Waals surface area contributed by atoms with Crippen molar-refractivity contribution in [2.24, 2.45) is 5.92 Å². The smallest absolute Gasteiger partial charge is 0.319 e. The van der Waals surface area contributed by atoms with Crippen molar-refractivity contribution in [2.45, 2.75) is 31.6 Å². The molecule has 3 amide bonds. The van der Waals surface area contributed by atoms with Crippen LogP contribution in [-0.2, 0) is 0 Å². The van der Waals surface area contributed by atoms with Crippen molar-refractivity contribution in [1.82, 2.24) is 20.3 Å². The van der Waals surface area contributed by atoms with Gasteiger partial charge in [0.25, 0.3) is 5.91 Å². The maximum atomic E-state index is 12.1. The van der Waals surface area contributed by atoms with Crippen molar-refractivity contribution in [2.75, 3.05) is 33.7 Å². The van der Waals surface area contributed by atoms with Gasteiger partial charge >= 0.3 is 6.03 Å². The Morgan fingerprint density at radius 2 is 2.00 bits per heavy atom. The maximum absolute atomic E-state index is 12.1. The Morgan fingerprint density at radius 3 is 2.61 bits per heavy atom. The minimum Gasteiger partial charge on any atom is -0.360 e. The van der Waals surface area contributed by atoms with E-state index in [0.29, 0.717) is 24.1 Å². The van der Waals surface area contributed by atoms with Gasteiger partial charge in [0.2, 0.25) is 0 Å². The standard InChI is InChI=1S/C16H24N4O3/c1-19(2)16(22)20-7-5-11(6-8-20)10-17-15(21)13-9-14(23-18-13)12-3-4-12/h9,11-12H,3-8,10H2,1-2H3,(H,17,21). The van der Waals surface area contributed by atoms with E-state index in [1.54, 1.807) is 25.1 Å². The van der Waals surface area contributed by atoms with Crippen LogP contribution in [0.25, 0.3) is 0 Å². The molecule has 0 radical (unpaired) electrons. The van der Waals surface area contributed by atoms with Gasteiger partial charge in [-0.25, -0.2) is 4.79 Å². The quantitative estimate of drug-likeness (QED) is 0.915. The summed E-state index contributed by atoms with van der Waals surface area (Å²) >= 11 is 0. The van der Waals surface area contributed by atoms with Crippen molar-refractivity contribution in [1.29, 1.82) is 0 Å². The van der Waals surface area contributed by atoms with Crippen LogP contribution >= 0.6 is 0 Å². The summed E-state index contributed by atoms with van der Waals surface area (Å²) in [4.78, 5) is 27.4. The first-order valence-electron chi connectivity index (χ1n) is 8.25. The molecule has 1 aliphatic heterocycles. The largest absolute Gasteiger partial charge is 0.360 e. The van der Waals surface area contributed by atoms with Crippen LogP contribution in [0.4, 0.5) is 4.79 Å². The maximum Gasteiger partial charge on any atom is 0.319 e. The number of carbonyl (C=O) groups is 2. The summed E-state index contributed by atoms with van der Waals surface area (Å²) in [6, 6.07) is 1.81. The number of rotatable bonds is 4. The van der Waals surface area contributed by atoms with Gasteiger partial charge in [0.15, 0.2) is 5.69 Å². The van der Waals surface area contributed by atoms with Gasteiger partial charge in [0.05, 0.1) is 0 Å². The summed E-state index contributed by atoms with van der Waals surface area (Å²) in [5.41, 5.74) is 0.368. The Labute approximate surface area is 136 Å². The minimum atomic E-state index is -0.174. The van der Waals surface area contributed by atoms with Crippen LogP contribution in [0.3, 0.4) is 0 Å². The highest BCUT2D eigenvalue weighted by atomic mass is 16.5. The molecule has 1 saturated heterocycles. The minimum absolute atomic E-state index is 0.0580.